The summed E-state index contributed by atoms with van der Waals surface area (Å²) in [7, 11) is -2.37. The Morgan fingerprint density at radius 2 is 1.78 bits per heavy atom. The van der Waals surface area contributed by atoms with Gasteiger partial charge in [0.25, 0.3) is 0 Å². The predicted octanol–water partition coefficient (Wildman–Crippen LogP) is 3.68. The Kier molecular flexibility index (Phi) is 9.97. The molecule has 1 N–H and O–H groups in total. The number of carbonyl (C=O) groups is 2. The molecule has 1 saturated carbocycles. The fraction of sp³-hybridized carbons (Fsp3) is 0.500. The van der Waals surface area contributed by atoms with Crippen molar-refractivity contribution in [2.24, 2.45) is 0 Å². The molecule has 202 valence electrons. The first-order valence-electron chi connectivity index (χ1n) is 12.9. The molecule has 8 nitrogen and oxygen atoms in total. The molecule has 37 heavy (non-hydrogen) atoms. The molecule has 0 aromatic heterocycles. The van der Waals surface area contributed by atoms with Gasteiger partial charge in [0.15, 0.2) is 0 Å². The quantitative estimate of drug-likeness (QED) is 0.453. The Morgan fingerprint density at radius 3 is 2.38 bits per heavy atom. The third-order valence-electron chi connectivity index (χ3n) is 6.85. The average Bonchev–Trinajstić information content (AvgIpc) is 3.37. The van der Waals surface area contributed by atoms with E-state index >= 15 is 0 Å². The molecule has 1 atom stereocenters. The van der Waals surface area contributed by atoms with E-state index in [0.29, 0.717) is 30.8 Å². The molecule has 0 saturated heterocycles. The van der Waals surface area contributed by atoms with E-state index in [1.807, 2.05) is 50.2 Å². The fourth-order valence-electron chi connectivity index (χ4n) is 4.85. The van der Waals surface area contributed by atoms with Crippen LogP contribution in [-0.4, -0.2) is 63.7 Å². The lowest BCUT2D eigenvalue weighted by Crippen LogP contribution is -2.54. The van der Waals surface area contributed by atoms with Crippen LogP contribution < -0.4 is 14.4 Å². The maximum atomic E-state index is 13.8. The van der Waals surface area contributed by atoms with E-state index in [-0.39, 0.29) is 11.9 Å². The number of amides is 2. The second kappa shape index (κ2) is 12.9. The van der Waals surface area contributed by atoms with Crippen LogP contribution in [0.25, 0.3) is 0 Å². The lowest BCUT2D eigenvalue weighted by molar-refractivity contribution is -0.139. The van der Waals surface area contributed by atoms with E-state index in [1.165, 1.54) is 12.0 Å². The van der Waals surface area contributed by atoms with Crippen LogP contribution in [0.1, 0.15) is 50.2 Å². The summed E-state index contributed by atoms with van der Waals surface area (Å²) in [6.45, 7) is 3.58. The molecule has 0 radical (unpaired) electrons. The number of nitrogens with zero attached hydrogens (tertiary/aromatic N) is 2. The minimum atomic E-state index is -3.83. The van der Waals surface area contributed by atoms with E-state index in [1.54, 1.807) is 12.1 Å². The summed E-state index contributed by atoms with van der Waals surface area (Å²) in [5, 5.41) is 3.12. The molecule has 1 aliphatic carbocycles. The number of sulfonamides is 1. The number of anilines is 1. The van der Waals surface area contributed by atoms with Crippen molar-refractivity contribution in [3.63, 3.8) is 0 Å². The Labute approximate surface area is 221 Å². The number of hydrogen-bond donors (Lipinski definition) is 1. The molecular formula is C28H39N3O5S. The van der Waals surface area contributed by atoms with E-state index in [0.717, 1.165) is 47.4 Å². The molecule has 2 aromatic carbocycles. The van der Waals surface area contributed by atoms with Crippen LogP contribution in [-0.2, 0) is 26.0 Å². The van der Waals surface area contributed by atoms with Gasteiger partial charge in [-0.25, -0.2) is 8.42 Å². The van der Waals surface area contributed by atoms with Crippen molar-refractivity contribution in [3.05, 3.63) is 59.7 Å². The van der Waals surface area contributed by atoms with Crippen LogP contribution in [0.15, 0.2) is 48.5 Å². The smallest absolute Gasteiger partial charge is 0.244 e. The molecule has 0 aliphatic heterocycles. The SMILES string of the molecule is CCC(C(=O)NC1CCCC1)N(CCc1ccccc1)C(=O)CN(c1cc(C)ccc1OC)S(C)(=O)=O. The first kappa shape index (κ1) is 28.5. The molecule has 1 fully saturated rings. The summed E-state index contributed by atoms with van der Waals surface area (Å²) in [5.41, 5.74) is 2.16. The maximum Gasteiger partial charge on any atom is 0.244 e. The number of rotatable bonds is 12. The van der Waals surface area contributed by atoms with Crippen molar-refractivity contribution in [2.45, 2.75) is 64.5 Å². The zero-order chi connectivity index (χ0) is 27.0. The molecule has 9 heteroatoms. The lowest BCUT2D eigenvalue weighted by atomic mass is 10.1. The van der Waals surface area contributed by atoms with Gasteiger partial charge in [0.05, 0.1) is 19.1 Å². The van der Waals surface area contributed by atoms with Gasteiger partial charge >= 0.3 is 0 Å². The number of nitrogens with one attached hydrogen (secondary N) is 1. The van der Waals surface area contributed by atoms with Gasteiger partial charge < -0.3 is 15.0 Å². The molecule has 3 rings (SSSR count). The van der Waals surface area contributed by atoms with Gasteiger partial charge in [0.2, 0.25) is 21.8 Å². The van der Waals surface area contributed by atoms with Gasteiger partial charge in [-0.2, -0.15) is 0 Å². The predicted molar refractivity (Wildman–Crippen MR) is 146 cm³/mol. The molecule has 0 bridgehead atoms. The average molecular weight is 530 g/mol. The fourth-order valence-corrected chi connectivity index (χ4v) is 5.70. The topological polar surface area (TPSA) is 96.0 Å². The monoisotopic (exact) mass is 529 g/mol. The second-order valence-corrected chi connectivity index (χ2v) is 11.6. The van der Waals surface area contributed by atoms with Gasteiger partial charge in [-0.15, -0.1) is 0 Å². The highest BCUT2D eigenvalue weighted by Crippen LogP contribution is 2.31. The zero-order valence-electron chi connectivity index (χ0n) is 22.3. The summed E-state index contributed by atoms with van der Waals surface area (Å²) >= 11 is 0. The molecule has 1 aliphatic rings. The van der Waals surface area contributed by atoms with Crippen LogP contribution >= 0.6 is 0 Å². The minimum absolute atomic E-state index is 0.122. The van der Waals surface area contributed by atoms with Crippen molar-refractivity contribution in [1.82, 2.24) is 10.2 Å². The Hall–Kier alpha value is -3.07. The van der Waals surface area contributed by atoms with Crippen LogP contribution in [0.4, 0.5) is 5.69 Å². The normalized spacial score (nSPS) is 14.7. The highest BCUT2D eigenvalue weighted by Gasteiger charge is 2.33. The highest BCUT2D eigenvalue weighted by atomic mass is 32.2. The number of hydrogen-bond acceptors (Lipinski definition) is 5. The third-order valence-corrected chi connectivity index (χ3v) is 7.98. The number of ether oxygens (including phenoxy) is 1. The Bertz CT molecular complexity index is 1160. The molecule has 2 aromatic rings. The second-order valence-electron chi connectivity index (χ2n) is 9.68. The summed E-state index contributed by atoms with van der Waals surface area (Å²) in [5.74, 6) is -0.265. The Morgan fingerprint density at radius 1 is 1.11 bits per heavy atom. The first-order valence-corrected chi connectivity index (χ1v) is 14.7. The molecule has 0 spiro atoms. The number of benzene rings is 2. The minimum Gasteiger partial charge on any atom is -0.495 e. The van der Waals surface area contributed by atoms with Gasteiger partial charge in [-0.1, -0.05) is 56.2 Å². The van der Waals surface area contributed by atoms with Crippen LogP contribution in [0.3, 0.4) is 0 Å². The summed E-state index contributed by atoms with van der Waals surface area (Å²) < 4.78 is 32.2. The van der Waals surface area contributed by atoms with Crippen molar-refractivity contribution in [2.75, 3.05) is 30.8 Å². The van der Waals surface area contributed by atoms with Crippen LogP contribution in [0.5, 0.6) is 5.75 Å². The van der Waals surface area contributed by atoms with Gasteiger partial charge in [0.1, 0.15) is 18.3 Å². The molecule has 2 amide bonds. The number of carbonyl (C=O) groups excluding carboxylic acids is 2. The van der Waals surface area contributed by atoms with Crippen LogP contribution in [0.2, 0.25) is 0 Å². The largest absolute Gasteiger partial charge is 0.495 e. The maximum absolute atomic E-state index is 13.8. The molecular weight excluding hydrogens is 490 g/mol. The van der Waals surface area contributed by atoms with Gasteiger partial charge in [-0.3, -0.25) is 13.9 Å². The number of methoxy groups -OCH3 is 1. The summed E-state index contributed by atoms with van der Waals surface area (Å²) in [6, 6.07) is 14.4. The first-order chi connectivity index (χ1) is 17.6. The van der Waals surface area contributed by atoms with Crippen molar-refractivity contribution < 1.29 is 22.7 Å². The van der Waals surface area contributed by atoms with Gasteiger partial charge in [0, 0.05) is 12.6 Å². The van der Waals surface area contributed by atoms with Gasteiger partial charge in [-0.05, 0) is 55.9 Å². The summed E-state index contributed by atoms with van der Waals surface area (Å²) in [4.78, 5) is 28.7. The third kappa shape index (κ3) is 7.71. The van der Waals surface area contributed by atoms with Crippen LogP contribution in [0, 0.1) is 6.92 Å². The lowest BCUT2D eigenvalue weighted by Gasteiger charge is -2.33. The standard InChI is InChI=1S/C28H39N3O5S/c1-5-24(28(33)29-23-13-9-10-14-23)30(18-17-22-11-7-6-8-12-22)27(32)20-31(37(4,34)35)25-19-21(2)15-16-26(25)36-3/h6-8,11-12,15-16,19,23-24H,5,9-10,13-14,17-18,20H2,1-4H3,(H,29,33). The summed E-state index contributed by atoms with van der Waals surface area (Å²) in [6.07, 6.45) is 6.09. The zero-order valence-corrected chi connectivity index (χ0v) is 23.1. The molecule has 1 unspecified atom stereocenters. The van der Waals surface area contributed by atoms with Crippen molar-refractivity contribution in [1.29, 1.82) is 0 Å². The number of aryl methyl sites for hydroxylation is 1. The van der Waals surface area contributed by atoms with E-state index in [2.05, 4.69) is 5.32 Å². The van der Waals surface area contributed by atoms with E-state index in [9.17, 15) is 18.0 Å². The molecule has 0 heterocycles. The highest BCUT2D eigenvalue weighted by molar-refractivity contribution is 7.92. The van der Waals surface area contributed by atoms with E-state index in [4.69, 9.17) is 4.74 Å². The van der Waals surface area contributed by atoms with Crippen molar-refractivity contribution >= 4 is 27.5 Å². The van der Waals surface area contributed by atoms with E-state index < -0.39 is 28.5 Å². The van der Waals surface area contributed by atoms with Crippen molar-refractivity contribution in [3.8, 4) is 5.75 Å². The Balaban J connectivity index is 1.91.